The number of benzene rings is 1. The number of methoxy groups -OCH3 is 1. The number of halogens is 1. The van der Waals surface area contributed by atoms with Gasteiger partial charge in [0.2, 0.25) is 0 Å². The van der Waals surface area contributed by atoms with Crippen LogP contribution in [0, 0.1) is 12.7 Å². The van der Waals surface area contributed by atoms with Crippen molar-refractivity contribution in [1.82, 2.24) is 15.3 Å². The number of esters is 1. The largest absolute Gasteiger partial charge is 0.487 e. The molecule has 4 rings (SSSR count). The number of anilines is 2. The van der Waals surface area contributed by atoms with Crippen LogP contribution >= 0.6 is 11.3 Å². The Balaban J connectivity index is 1.67. The number of carbonyl (C=O) groups is 1. The predicted octanol–water partition coefficient (Wildman–Crippen LogP) is 2.77. The first kappa shape index (κ1) is 20.5. The summed E-state index contributed by atoms with van der Waals surface area (Å²) in [5.41, 5.74) is 1.24. The van der Waals surface area contributed by atoms with E-state index >= 15 is 0 Å². The summed E-state index contributed by atoms with van der Waals surface area (Å²) in [6.45, 7) is 2.39. The number of hydrogen-bond donors (Lipinski definition) is 3. The van der Waals surface area contributed by atoms with Gasteiger partial charge in [-0.1, -0.05) is 0 Å². The van der Waals surface area contributed by atoms with Crippen molar-refractivity contribution in [1.29, 1.82) is 0 Å². The van der Waals surface area contributed by atoms with Gasteiger partial charge in [0, 0.05) is 25.1 Å². The van der Waals surface area contributed by atoms with E-state index in [0.29, 0.717) is 50.9 Å². The van der Waals surface area contributed by atoms with Gasteiger partial charge < -0.3 is 25.2 Å². The van der Waals surface area contributed by atoms with Crippen LogP contribution in [-0.2, 0) is 4.74 Å². The van der Waals surface area contributed by atoms with Gasteiger partial charge in [-0.05, 0) is 24.6 Å². The number of aliphatic hydroxyl groups excluding tert-OH is 1. The van der Waals surface area contributed by atoms with Gasteiger partial charge in [-0.15, -0.1) is 11.3 Å². The SMILES string of the molecule is COC(=O)c1sc2ncnc(Nc3ccc(F)cc3OC3CNC(CO)C3)c2c1C. The lowest BCUT2D eigenvalue weighted by molar-refractivity contribution is 0.0605. The van der Waals surface area contributed by atoms with Crippen molar-refractivity contribution in [3.8, 4) is 5.75 Å². The van der Waals surface area contributed by atoms with Crippen molar-refractivity contribution in [2.45, 2.75) is 25.5 Å². The minimum atomic E-state index is -0.431. The summed E-state index contributed by atoms with van der Waals surface area (Å²) in [5.74, 6) is -0.0291. The number of hydrogen-bond acceptors (Lipinski definition) is 9. The summed E-state index contributed by atoms with van der Waals surface area (Å²) in [4.78, 5) is 21.7. The van der Waals surface area contributed by atoms with Crippen molar-refractivity contribution in [2.75, 3.05) is 25.6 Å². The summed E-state index contributed by atoms with van der Waals surface area (Å²) in [6.07, 6.45) is 1.83. The van der Waals surface area contributed by atoms with E-state index in [2.05, 4.69) is 20.6 Å². The molecule has 1 fully saturated rings. The summed E-state index contributed by atoms with van der Waals surface area (Å²) < 4.78 is 24.8. The summed E-state index contributed by atoms with van der Waals surface area (Å²) in [7, 11) is 1.33. The van der Waals surface area contributed by atoms with E-state index < -0.39 is 11.8 Å². The Bertz CT molecular complexity index is 1090. The number of aryl methyl sites for hydroxylation is 1. The van der Waals surface area contributed by atoms with Crippen LogP contribution in [0.4, 0.5) is 15.9 Å². The first-order valence-corrected chi connectivity index (χ1v) is 10.2. The molecule has 0 radical (unpaired) electrons. The molecule has 3 heterocycles. The summed E-state index contributed by atoms with van der Waals surface area (Å²) in [6, 6.07) is 4.18. The average molecular weight is 432 g/mol. The van der Waals surface area contributed by atoms with Crippen molar-refractivity contribution in [3.05, 3.63) is 40.8 Å². The number of ether oxygens (including phenoxy) is 2. The molecule has 0 bridgehead atoms. The Hall–Kier alpha value is -2.82. The highest BCUT2D eigenvalue weighted by Gasteiger charge is 2.26. The zero-order chi connectivity index (χ0) is 21.3. The molecule has 8 nitrogen and oxygen atoms in total. The number of fused-ring (bicyclic) bond motifs is 1. The van der Waals surface area contributed by atoms with Gasteiger partial charge in [0.1, 0.15) is 39.5 Å². The third kappa shape index (κ3) is 3.93. The molecule has 1 aromatic carbocycles. The van der Waals surface area contributed by atoms with Crippen LogP contribution in [0.15, 0.2) is 24.5 Å². The summed E-state index contributed by atoms with van der Waals surface area (Å²) in [5, 5.41) is 16.3. The van der Waals surface area contributed by atoms with Crippen LogP contribution in [0.1, 0.15) is 21.7 Å². The van der Waals surface area contributed by atoms with Crippen molar-refractivity contribution in [2.24, 2.45) is 0 Å². The number of nitrogens with one attached hydrogen (secondary N) is 2. The molecular formula is C20H21FN4O4S. The molecule has 1 aliphatic heterocycles. The number of nitrogens with zero attached hydrogens (tertiary/aromatic N) is 2. The standard InChI is InChI=1S/C20H21FN4O4S/c1-10-16-18(23-9-24-19(16)30-17(10)20(27)28-2)25-14-4-3-11(21)5-15(14)29-13-6-12(8-26)22-7-13/h3-5,9,12-13,22,26H,6-8H2,1-2H3,(H,23,24,25). The van der Waals surface area contributed by atoms with E-state index in [9.17, 15) is 14.3 Å². The third-order valence-electron chi connectivity index (χ3n) is 4.99. The molecule has 1 aliphatic rings. The lowest BCUT2D eigenvalue weighted by Gasteiger charge is -2.17. The van der Waals surface area contributed by atoms with Gasteiger partial charge in [0.05, 0.1) is 24.8 Å². The second-order valence-electron chi connectivity index (χ2n) is 6.98. The van der Waals surface area contributed by atoms with Crippen molar-refractivity contribution < 1.29 is 23.8 Å². The quantitative estimate of drug-likeness (QED) is 0.511. The van der Waals surface area contributed by atoms with E-state index in [1.807, 2.05) is 0 Å². The van der Waals surface area contributed by atoms with E-state index in [4.69, 9.17) is 9.47 Å². The molecule has 0 saturated carbocycles. The lowest BCUT2D eigenvalue weighted by Crippen LogP contribution is -2.25. The fourth-order valence-corrected chi connectivity index (χ4v) is 4.54. The van der Waals surface area contributed by atoms with Crippen molar-refractivity contribution in [3.63, 3.8) is 0 Å². The second kappa shape index (κ2) is 8.50. The molecule has 158 valence electrons. The van der Waals surface area contributed by atoms with Gasteiger partial charge in [-0.2, -0.15) is 0 Å². The Kier molecular flexibility index (Phi) is 5.80. The molecule has 10 heteroatoms. The Labute approximate surface area is 176 Å². The first-order valence-electron chi connectivity index (χ1n) is 9.40. The number of rotatable bonds is 6. The van der Waals surface area contributed by atoms with E-state index in [1.165, 1.54) is 36.9 Å². The minimum absolute atomic E-state index is 0.0208. The molecule has 30 heavy (non-hydrogen) atoms. The minimum Gasteiger partial charge on any atom is -0.487 e. The lowest BCUT2D eigenvalue weighted by atomic mass is 10.2. The number of thiophene rings is 1. The van der Waals surface area contributed by atoms with E-state index in [1.54, 1.807) is 13.0 Å². The third-order valence-corrected chi connectivity index (χ3v) is 6.17. The molecular weight excluding hydrogens is 411 g/mol. The Morgan fingerprint density at radius 1 is 1.43 bits per heavy atom. The molecule has 0 spiro atoms. The van der Waals surface area contributed by atoms with E-state index in [-0.39, 0.29) is 18.8 Å². The molecule has 3 aromatic rings. The van der Waals surface area contributed by atoms with Crippen LogP contribution in [0.3, 0.4) is 0 Å². The van der Waals surface area contributed by atoms with Crippen LogP contribution in [0.25, 0.3) is 10.2 Å². The molecule has 2 aromatic heterocycles. The van der Waals surface area contributed by atoms with E-state index in [0.717, 1.165) is 0 Å². The fourth-order valence-electron chi connectivity index (χ4n) is 3.47. The molecule has 2 unspecified atom stereocenters. The fraction of sp³-hybridized carbons (Fsp3) is 0.350. The van der Waals surface area contributed by atoms with Gasteiger partial charge in [-0.3, -0.25) is 0 Å². The Morgan fingerprint density at radius 3 is 3.00 bits per heavy atom. The topological polar surface area (TPSA) is 106 Å². The highest BCUT2D eigenvalue weighted by atomic mass is 32.1. The number of aromatic nitrogens is 2. The number of carbonyl (C=O) groups excluding carboxylic acids is 1. The van der Waals surface area contributed by atoms with Crippen LogP contribution in [-0.4, -0.2) is 53.5 Å². The van der Waals surface area contributed by atoms with Gasteiger partial charge in [-0.25, -0.2) is 19.2 Å². The van der Waals surface area contributed by atoms with Gasteiger partial charge in [0.25, 0.3) is 0 Å². The van der Waals surface area contributed by atoms with Crippen LogP contribution < -0.4 is 15.4 Å². The van der Waals surface area contributed by atoms with Gasteiger partial charge >= 0.3 is 5.97 Å². The number of aliphatic hydroxyl groups is 1. The molecule has 1 saturated heterocycles. The zero-order valence-electron chi connectivity index (χ0n) is 16.4. The predicted molar refractivity (Wildman–Crippen MR) is 111 cm³/mol. The van der Waals surface area contributed by atoms with Crippen LogP contribution in [0.2, 0.25) is 0 Å². The van der Waals surface area contributed by atoms with Crippen molar-refractivity contribution >= 4 is 39.0 Å². The molecule has 2 atom stereocenters. The average Bonchev–Trinajstić information content (AvgIpc) is 3.34. The maximum atomic E-state index is 13.9. The first-order chi connectivity index (χ1) is 14.5. The second-order valence-corrected chi connectivity index (χ2v) is 7.98. The molecule has 0 amide bonds. The maximum absolute atomic E-state index is 13.9. The highest BCUT2D eigenvalue weighted by molar-refractivity contribution is 7.20. The monoisotopic (exact) mass is 432 g/mol. The highest BCUT2D eigenvalue weighted by Crippen LogP contribution is 2.37. The Morgan fingerprint density at radius 2 is 2.27 bits per heavy atom. The zero-order valence-corrected chi connectivity index (χ0v) is 17.3. The maximum Gasteiger partial charge on any atom is 0.348 e. The smallest absolute Gasteiger partial charge is 0.348 e. The van der Waals surface area contributed by atoms with Gasteiger partial charge in [0.15, 0.2) is 0 Å². The van der Waals surface area contributed by atoms with Crippen LogP contribution in [0.5, 0.6) is 5.75 Å². The molecule has 3 N–H and O–H groups in total. The summed E-state index contributed by atoms with van der Waals surface area (Å²) >= 11 is 1.23. The molecule has 0 aliphatic carbocycles. The normalized spacial score (nSPS) is 18.5.